The van der Waals surface area contributed by atoms with E-state index in [0.717, 1.165) is 6.92 Å². The highest BCUT2D eigenvalue weighted by Gasteiger charge is 2.44. The number of aromatic nitrogens is 5. The van der Waals surface area contributed by atoms with Crippen molar-refractivity contribution in [1.82, 2.24) is 24.7 Å². The molecule has 0 saturated heterocycles. The quantitative estimate of drug-likeness (QED) is 0.274. The topological polar surface area (TPSA) is 122 Å². The number of sulfone groups is 1. The molecule has 0 saturated carbocycles. The third-order valence-electron chi connectivity index (χ3n) is 6.01. The summed E-state index contributed by atoms with van der Waals surface area (Å²) in [4.78, 5) is 7.94. The van der Waals surface area contributed by atoms with Crippen LogP contribution in [0.15, 0.2) is 51.6 Å². The van der Waals surface area contributed by atoms with Gasteiger partial charge in [-0.05, 0) is 61.0 Å². The van der Waals surface area contributed by atoms with Crippen LogP contribution in [0.5, 0.6) is 11.5 Å². The molecule has 0 N–H and O–H groups in total. The average molecular weight is 594 g/mol. The van der Waals surface area contributed by atoms with Crippen molar-refractivity contribution in [3.05, 3.63) is 64.6 Å². The molecule has 0 aliphatic rings. The van der Waals surface area contributed by atoms with Gasteiger partial charge in [-0.3, -0.25) is 4.57 Å². The lowest BCUT2D eigenvalue weighted by molar-refractivity contribution is 0.174. The number of furan rings is 1. The Bertz CT molecular complexity index is 1500. The van der Waals surface area contributed by atoms with E-state index in [1.165, 1.54) is 38.1 Å². The lowest BCUT2D eigenvalue weighted by Gasteiger charge is -2.26. The Morgan fingerprint density at radius 2 is 1.73 bits per heavy atom. The van der Waals surface area contributed by atoms with E-state index in [1.54, 1.807) is 37.3 Å². The normalized spacial score (nSPS) is 14.2. The lowest BCUT2D eigenvalue weighted by atomic mass is 10.0. The van der Waals surface area contributed by atoms with Crippen molar-refractivity contribution >= 4 is 25.8 Å². The van der Waals surface area contributed by atoms with Gasteiger partial charge in [0, 0.05) is 12.4 Å². The molecule has 13 heteroatoms. The number of halogens is 2. The third kappa shape index (κ3) is 5.10. The van der Waals surface area contributed by atoms with Crippen LogP contribution in [0.3, 0.4) is 0 Å². The van der Waals surface area contributed by atoms with Gasteiger partial charge in [0.2, 0.25) is 5.82 Å². The fourth-order valence-electron chi connectivity index (χ4n) is 3.80. The molecule has 0 bridgehead atoms. The smallest absolute Gasteiger partial charge is 0.204 e. The molecule has 2 atom stereocenters. The van der Waals surface area contributed by atoms with E-state index < -0.39 is 26.5 Å². The molecular weight excluding hydrogens is 569 g/mol. The highest BCUT2D eigenvalue weighted by molar-refractivity contribution is 9.10. The average Bonchev–Trinajstić information content (AvgIpc) is 3.48. The van der Waals surface area contributed by atoms with Gasteiger partial charge in [-0.1, -0.05) is 6.07 Å². The highest BCUT2D eigenvalue weighted by atomic mass is 79.9. The second-order valence-electron chi connectivity index (χ2n) is 8.45. The van der Waals surface area contributed by atoms with Gasteiger partial charge in [0.15, 0.2) is 32.9 Å². The van der Waals surface area contributed by atoms with E-state index in [0.29, 0.717) is 33.2 Å². The number of rotatable bonds is 9. The zero-order valence-corrected chi connectivity index (χ0v) is 23.2. The largest absolute Gasteiger partial charge is 0.494 e. The van der Waals surface area contributed by atoms with Crippen LogP contribution in [0.4, 0.5) is 4.39 Å². The zero-order valence-electron chi connectivity index (χ0n) is 20.8. The monoisotopic (exact) mass is 593 g/mol. The summed E-state index contributed by atoms with van der Waals surface area (Å²) in [5, 5.41) is 6.87. The lowest BCUT2D eigenvalue weighted by Crippen LogP contribution is -2.39. The second kappa shape index (κ2) is 10.2. The summed E-state index contributed by atoms with van der Waals surface area (Å²) in [6.45, 7) is 4.19. The van der Waals surface area contributed by atoms with Gasteiger partial charge < -0.3 is 13.9 Å². The van der Waals surface area contributed by atoms with E-state index in [4.69, 9.17) is 13.9 Å². The van der Waals surface area contributed by atoms with Gasteiger partial charge in [-0.2, -0.15) is 0 Å². The van der Waals surface area contributed by atoms with Crippen molar-refractivity contribution in [2.45, 2.75) is 37.4 Å². The Morgan fingerprint density at radius 1 is 1.11 bits per heavy atom. The van der Waals surface area contributed by atoms with Gasteiger partial charge >= 0.3 is 0 Å². The standard InChI is InChI=1S/C24H25BrFN5O5S/c1-14-9-10-19(36-14)22-30-29-20(31(22)21-17(34-4)7-6-8-18(21)35-5)13-37(32,33)15(2)24(3,26)23-27-11-16(25)12-28-23/h6-12,15H,13H2,1-5H3/t15-,24+/m1/s1. The highest BCUT2D eigenvalue weighted by Crippen LogP contribution is 2.38. The molecule has 0 amide bonds. The molecule has 0 fully saturated rings. The zero-order chi connectivity index (χ0) is 27.0. The number of benzene rings is 1. The van der Waals surface area contributed by atoms with Gasteiger partial charge in [0.1, 0.15) is 33.9 Å². The van der Waals surface area contributed by atoms with E-state index in [2.05, 4.69) is 36.1 Å². The maximum Gasteiger partial charge on any atom is 0.204 e. The van der Waals surface area contributed by atoms with Crippen molar-refractivity contribution in [2.24, 2.45) is 0 Å². The summed E-state index contributed by atoms with van der Waals surface area (Å²) >= 11 is 3.20. The predicted molar refractivity (Wildman–Crippen MR) is 137 cm³/mol. The van der Waals surface area contributed by atoms with Crippen LogP contribution in [0.25, 0.3) is 17.3 Å². The molecule has 0 spiro atoms. The van der Waals surface area contributed by atoms with E-state index in [9.17, 15) is 8.42 Å². The Kier molecular flexibility index (Phi) is 7.38. The second-order valence-corrected chi connectivity index (χ2v) is 11.7. The first-order chi connectivity index (χ1) is 17.5. The maximum atomic E-state index is 15.9. The van der Waals surface area contributed by atoms with Gasteiger partial charge in [0.25, 0.3) is 0 Å². The molecule has 0 aliphatic heterocycles. The molecule has 0 aliphatic carbocycles. The first-order valence-electron chi connectivity index (χ1n) is 11.1. The van der Waals surface area contributed by atoms with Crippen molar-refractivity contribution in [1.29, 1.82) is 0 Å². The molecule has 0 unspecified atom stereocenters. The minimum Gasteiger partial charge on any atom is -0.494 e. The number of methoxy groups -OCH3 is 2. The molecular formula is C24H25BrFN5O5S. The van der Waals surface area contributed by atoms with Gasteiger partial charge in [-0.25, -0.2) is 22.8 Å². The van der Waals surface area contributed by atoms with Crippen LogP contribution in [0.1, 0.15) is 31.3 Å². The van der Waals surface area contributed by atoms with Gasteiger partial charge in [0.05, 0.1) is 18.7 Å². The minimum atomic E-state index is -4.16. The summed E-state index contributed by atoms with van der Waals surface area (Å²) in [5.74, 6) is 1.11. The Hall–Kier alpha value is -3.32. The van der Waals surface area contributed by atoms with Crippen molar-refractivity contribution in [3.63, 3.8) is 0 Å². The number of ether oxygens (including phenoxy) is 2. The number of alkyl halides is 1. The number of aryl methyl sites for hydroxylation is 1. The minimum absolute atomic E-state index is 0.0197. The Morgan fingerprint density at radius 3 is 2.27 bits per heavy atom. The van der Waals surface area contributed by atoms with E-state index in [1.807, 2.05) is 0 Å². The number of para-hydroxylation sites is 1. The third-order valence-corrected chi connectivity index (χ3v) is 8.60. The van der Waals surface area contributed by atoms with Crippen LogP contribution in [-0.2, 0) is 21.3 Å². The van der Waals surface area contributed by atoms with E-state index >= 15 is 4.39 Å². The fourth-order valence-corrected chi connectivity index (χ4v) is 5.58. The molecule has 0 radical (unpaired) electrons. The van der Waals surface area contributed by atoms with Crippen LogP contribution >= 0.6 is 15.9 Å². The van der Waals surface area contributed by atoms with Crippen molar-refractivity contribution < 1.29 is 26.7 Å². The molecule has 3 aromatic heterocycles. The maximum absolute atomic E-state index is 15.9. The summed E-state index contributed by atoms with van der Waals surface area (Å²) in [6.07, 6.45) is 2.73. The molecule has 196 valence electrons. The van der Waals surface area contributed by atoms with Crippen molar-refractivity contribution in [3.8, 4) is 28.8 Å². The first kappa shape index (κ1) is 26.7. The Labute approximate surface area is 221 Å². The number of nitrogens with zero attached hydrogens (tertiary/aromatic N) is 5. The molecule has 10 nitrogen and oxygen atoms in total. The Balaban J connectivity index is 1.84. The summed E-state index contributed by atoms with van der Waals surface area (Å²) in [6, 6.07) is 8.56. The van der Waals surface area contributed by atoms with E-state index in [-0.39, 0.29) is 17.5 Å². The van der Waals surface area contributed by atoms with Gasteiger partial charge in [-0.15, -0.1) is 10.2 Å². The fraction of sp³-hybridized carbons (Fsp3) is 0.333. The van der Waals surface area contributed by atoms with Crippen LogP contribution in [-0.4, -0.2) is 52.6 Å². The number of hydrogen-bond acceptors (Lipinski definition) is 9. The first-order valence-corrected chi connectivity index (χ1v) is 13.6. The molecule has 3 heterocycles. The SMILES string of the molecule is COc1cccc(OC)c1-n1c(CS(=O)(=O)[C@H](C)[C@](C)(F)c2ncc(Br)cn2)nnc1-c1ccc(C)o1. The van der Waals surface area contributed by atoms with Crippen LogP contribution in [0.2, 0.25) is 0 Å². The molecule has 4 rings (SSSR count). The molecule has 37 heavy (non-hydrogen) atoms. The van der Waals surface area contributed by atoms with Crippen molar-refractivity contribution in [2.75, 3.05) is 14.2 Å². The summed E-state index contributed by atoms with van der Waals surface area (Å²) in [7, 11) is -1.21. The summed E-state index contributed by atoms with van der Waals surface area (Å²) < 4.78 is 61.9. The number of hydrogen-bond donors (Lipinski definition) is 0. The molecule has 1 aromatic carbocycles. The van der Waals surface area contributed by atoms with Crippen LogP contribution < -0.4 is 9.47 Å². The predicted octanol–water partition coefficient (Wildman–Crippen LogP) is 4.59. The summed E-state index contributed by atoms with van der Waals surface area (Å²) in [5.41, 5.74) is -2.01. The molecule has 4 aromatic rings. The van der Waals surface area contributed by atoms with Crippen LogP contribution in [0, 0.1) is 6.92 Å².